The Bertz CT molecular complexity index is 1190. The van der Waals surface area contributed by atoms with Crippen molar-refractivity contribution in [1.29, 1.82) is 0 Å². The smallest absolute Gasteiger partial charge is 0.135 e. The number of fused-ring (bicyclic) bond motifs is 8. The van der Waals surface area contributed by atoms with Crippen molar-refractivity contribution in [2.75, 3.05) is 0 Å². The zero-order valence-electron chi connectivity index (χ0n) is 15.3. The number of phenols is 2. The van der Waals surface area contributed by atoms with Crippen molar-refractivity contribution in [2.24, 2.45) is 0 Å². The Morgan fingerprint density at radius 3 is 1.38 bits per heavy atom. The number of aromatic hydroxyl groups is 2. The molecule has 2 N–H and O–H groups in total. The molecule has 0 amide bonds. The van der Waals surface area contributed by atoms with Crippen LogP contribution in [0.5, 0.6) is 34.5 Å². The van der Waals surface area contributed by atoms with E-state index in [2.05, 4.69) is 0 Å². The maximum Gasteiger partial charge on any atom is 0.135 e. The number of hydrogen-bond acceptors (Lipinski definition) is 4. The van der Waals surface area contributed by atoms with Gasteiger partial charge >= 0.3 is 0 Å². The maximum atomic E-state index is 11.0. The summed E-state index contributed by atoms with van der Waals surface area (Å²) in [7, 11) is 0. The first-order valence-corrected chi connectivity index (χ1v) is 9.41. The molecule has 4 heteroatoms. The predicted molar refractivity (Wildman–Crippen MR) is 108 cm³/mol. The van der Waals surface area contributed by atoms with E-state index in [9.17, 15) is 10.2 Å². The lowest BCUT2D eigenvalue weighted by molar-refractivity contribution is 0.370. The van der Waals surface area contributed by atoms with Crippen LogP contribution in [0.15, 0.2) is 84.9 Å². The molecule has 4 aromatic carbocycles. The first-order valence-electron chi connectivity index (χ1n) is 9.41. The predicted octanol–water partition coefficient (Wildman–Crippen LogP) is 5.69. The molecule has 0 atom stereocenters. The van der Waals surface area contributed by atoms with Gasteiger partial charge in [-0.3, -0.25) is 0 Å². The first kappa shape index (κ1) is 16.1. The fraction of sp³-hybridized carbons (Fsp3) is 0.0400. The van der Waals surface area contributed by atoms with Gasteiger partial charge in [-0.15, -0.1) is 0 Å². The normalized spacial score (nSPS) is 14.6. The Hall–Kier alpha value is -3.92. The number of benzene rings is 4. The Morgan fingerprint density at radius 2 is 0.897 bits per heavy atom. The highest BCUT2D eigenvalue weighted by atomic mass is 16.5. The molecule has 140 valence electrons. The molecule has 0 radical (unpaired) electrons. The van der Waals surface area contributed by atoms with Crippen LogP contribution >= 0.6 is 0 Å². The summed E-state index contributed by atoms with van der Waals surface area (Å²) in [6, 6.07) is 25.9. The molecule has 0 aliphatic carbocycles. The van der Waals surface area contributed by atoms with Crippen LogP contribution in [0.3, 0.4) is 0 Å². The van der Waals surface area contributed by atoms with Gasteiger partial charge in [-0.1, -0.05) is 48.5 Å². The van der Waals surface area contributed by atoms with Crippen LogP contribution in [0.4, 0.5) is 0 Å². The van der Waals surface area contributed by atoms with Crippen LogP contribution in [0.1, 0.15) is 22.3 Å². The van der Waals surface area contributed by atoms with Gasteiger partial charge in [0.05, 0.1) is 16.5 Å². The number of ether oxygens (including phenoxy) is 2. The Labute approximate surface area is 167 Å². The van der Waals surface area contributed by atoms with Gasteiger partial charge in [0.15, 0.2) is 0 Å². The molecule has 2 aliphatic heterocycles. The second-order valence-electron chi connectivity index (χ2n) is 7.25. The zero-order valence-corrected chi connectivity index (χ0v) is 15.3. The third-order valence-electron chi connectivity index (χ3n) is 5.78. The van der Waals surface area contributed by atoms with E-state index in [0.717, 1.165) is 11.1 Å². The number of para-hydroxylation sites is 2. The van der Waals surface area contributed by atoms with E-state index in [4.69, 9.17) is 9.47 Å². The Kier molecular flexibility index (Phi) is 3.08. The maximum absolute atomic E-state index is 11.0. The molecular formula is C25H16O4. The van der Waals surface area contributed by atoms with Gasteiger partial charge < -0.3 is 19.7 Å². The largest absolute Gasteiger partial charge is 0.507 e. The lowest BCUT2D eigenvalue weighted by Gasteiger charge is -2.44. The number of rotatable bonds is 0. The molecule has 4 aromatic rings. The summed E-state index contributed by atoms with van der Waals surface area (Å²) in [5.41, 5.74) is 1.89. The van der Waals surface area contributed by atoms with E-state index < -0.39 is 5.41 Å². The van der Waals surface area contributed by atoms with Gasteiger partial charge in [-0.05, 0) is 36.4 Å². The lowest BCUT2D eigenvalue weighted by Crippen LogP contribution is -2.37. The average Bonchev–Trinajstić information content (AvgIpc) is 2.74. The van der Waals surface area contributed by atoms with Gasteiger partial charge in [-0.25, -0.2) is 0 Å². The molecule has 29 heavy (non-hydrogen) atoms. The van der Waals surface area contributed by atoms with Crippen molar-refractivity contribution in [3.05, 3.63) is 107 Å². The minimum Gasteiger partial charge on any atom is -0.507 e. The van der Waals surface area contributed by atoms with Crippen molar-refractivity contribution in [1.82, 2.24) is 0 Å². The minimum absolute atomic E-state index is 0.0999. The summed E-state index contributed by atoms with van der Waals surface area (Å²) in [6.07, 6.45) is 0. The van der Waals surface area contributed by atoms with Gasteiger partial charge in [0, 0.05) is 11.1 Å². The van der Waals surface area contributed by atoms with Crippen LogP contribution in [0, 0.1) is 0 Å². The monoisotopic (exact) mass is 380 g/mol. The Balaban J connectivity index is 1.90. The second-order valence-corrected chi connectivity index (χ2v) is 7.25. The van der Waals surface area contributed by atoms with Gasteiger partial charge in [0.2, 0.25) is 0 Å². The molecular weight excluding hydrogens is 364 g/mol. The summed E-state index contributed by atoms with van der Waals surface area (Å²) in [5.74, 6) is 2.66. The highest BCUT2D eigenvalue weighted by Gasteiger charge is 2.53. The minimum atomic E-state index is -0.981. The topological polar surface area (TPSA) is 58.9 Å². The van der Waals surface area contributed by atoms with Crippen molar-refractivity contribution in [2.45, 2.75) is 5.41 Å². The van der Waals surface area contributed by atoms with E-state index >= 15 is 0 Å². The van der Waals surface area contributed by atoms with E-state index in [0.29, 0.717) is 34.1 Å². The molecule has 0 bridgehead atoms. The van der Waals surface area contributed by atoms with Gasteiger partial charge in [0.25, 0.3) is 0 Å². The zero-order chi connectivity index (χ0) is 19.6. The second kappa shape index (κ2) is 5.55. The van der Waals surface area contributed by atoms with Crippen LogP contribution in [0.2, 0.25) is 0 Å². The summed E-state index contributed by atoms with van der Waals surface area (Å²) in [6.45, 7) is 0. The lowest BCUT2D eigenvalue weighted by atomic mass is 9.62. The van der Waals surface area contributed by atoms with E-state index in [1.54, 1.807) is 24.3 Å². The van der Waals surface area contributed by atoms with Crippen molar-refractivity contribution in [3.63, 3.8) is 0 Å². The summed E-state index contributed by atoms with van der Waals surface area (Å²) in [5, 5.41) is 22.1. The molecule has 0 aromatic heterocycles. The van der Waals surface area contributed by atoms with Crippen molar-refractivity contribution < 1.29 is 19.7 Å². The third kappa shape index (κ3) is 1.93. The van der Waals surface area contributed by atoms with Crippen LogP contribution < -0.4 is 9.47 Å². The Morgan fingerprint density at radius 1 is 0.483 bits per heavy atom. The van der Waals surface area contributed by atoms with Gasteiger partial charge in [-0.2, -0.15) is 0 Å². The standard InChI is InChI=1S/C25H16O4/c26-17-9-5-13-21-23(17)25(15-7-1-3-11-19(15)28-21)16-8-2-4-12-20(16)29-22-14-6-10-18(27)24(22)25/h1-14,26-27H. The quantitative estimate of drug-likeness (QED) is 0.355. The SMILES string of the molecule is Oc1cccc2c1C1(c3ccccc3O2)c2ccccc2Oc2cccc(O)c21. The van der Waals surface area contributed by atoms with Crippen molar-refractivity contribution >= 4 is 0 Å². The van der Waals surface area contributed by atoms with E-state index in [1.807, 2.05) is 60.7 Å². The fourth-order valence-electron chi connectivity index (χ4n) is 4.74. The molecule has 0 saturated carbocycles. The molecule has 2 heterocycles. The summed E-state index contributed by atoms with van der Waals surface area (Å²) < 4.78 is 12.3. The molecule has 0 fully saturated rings. The van der Waals surface area contributed by atoms with Crippen LogP contribution in [-0.4, -0.2) is 10.2 Å². The molecule has 4 nitrogen and oxygen atoms in total. The number of hydrogen-bond donors (Lipinski definition) is 2. The third-order valence-corrected chi connectivity index (χ3v) is 5.78. The number of phenolic OH excluding ortho intramolecular Hbond substituents is 2. The molecule has 0 unspecified atom stereocenters. The van der Waals surface area contributed by atoms with E-state index in [1.165, 1.54) is 0 Å². The fourth-order valence-corrected chi connectivity index (χ4v) is 4.74. The van der Waals surface area contributed by atoms with Crippen molar-refractivity contribution in [3.8, 4) is 34.5 Å². The van der Waals surface area contributed by atoms with Gasteiger partial charge in [0.1, 0.15) is 34.5 Å². The molecule has 2 aliphatic rings. The average molecular weight is 380 g/mol. The summed E-state index contributed by atoms with van der Waals surface area (Å²) in [4.78, 5) is 0. The van der Waals surface area contributed by atoms with Crippen LogP contribution in [-0.2, 0) is 5.41 Å². The highest BCUT2D eigenvalue weighted by molar-refractivity contribution is 5.78. The summed E-state index contributed by atoms with van der Waals surface area (Å²) >= 11 is 0. The van der Waals surface area contributed by atoms with Crippen LogP contribution in [0.25, 0.3) is 0 Å². The molecule has 1 spiro atoms. The molecule has 6 rings (SSSR count). The molecule has 0 saturated heterocycles. The first-order chi connectivity index (χ1) is 14.2. The highest BCUT2D eigenvalue weighted by Crippen LogP contribution is 2.64. The van der Waals surface area contributed by atoms with E-state index in [-0.39, 0.29) is 11.5 Å².